The third-order valence-corrected chi connectivity index (χ3v) is 5.43. The van der Waals surface area contributed by atoms with Gasteiger partial charge in [0.25, 0.3) is 0 Å². The second-order valence-corrected chi connectivity index (χ2v) is 8.05. The lowest BCUT2D eigenvalue weighted by molar-refractivity contribution is 0.265. The Morgan fingerprint density at radius 2 is 2.19 bits per heavy atom. The molecule has 1 N–H and O–H groups in total. The molecule has 1 unspecified atom stereocenters. The molecule has 0 saturated heterocycles. The molecule has 2 aromatic heterocycles. The Balaban J connectivity index is 1.98. The molecule has 3 rings (SSSR count). The summed E-state index contributed by atoms with van der Waals surface area (Å²) in [5, 5.41) is 8.99. The van der Waals surface area contributed by atoms with Gasteiger partial charge < -0.3 is 5.32 Å². The fourth-order valence-corrected chi connectivity index (χ4v) is 4.19. The maximum Gasteiger partial charge on any atom is 0.127 e. The smallest absolute Gasteiger partial charge is 0.127 e. The molecule has 0 aliphatic heterocycles. The molecule has 21 heavy (non-hydrogen) atoms. The fourth-order valence-electron chi connectivity index (χ4n) is 3.02. The highest BCUT2D eigenvalue weighted by atomic mass is 32.1. The summed E-state index contributed by atoms with van der Waals surface area (Å²) in [6.45, 7) is 8.94. The summed E-state index contributed by atoms with van der Waals surface area (Å²) in [6.07, 6.45) is 6.27. The number of thiazole rings is 1. The van der Waals surface area contributed by atoms with Gasteiger partial charge in [-0.2, -0.15) is 5.10 Å². The predicted octanol–water partition coefficient (Wildman–Crippen LogP) is 3.82. The molecule has 114 valence electrons. The van der Waals surface area contributed by atoms with E-state index in [1.54, 1.807) is 0 Å². The van der Waals surface area contributed by atoms with Crippen molar-refractivity contribution < 1.29 is 0 Å². The van der Waals surface area contributed by atoms with Crippen LogP contribution in [0.15, 0.2) is 12.4 Å². The van der Waals surface area contributed by atoms with Crippen LogP contribution in [0.2, 0.25) is 0 Å². The van der Waals surface area contributed by atoms with Gasteiger partial charge in [-0.05, 0) is 39.2 Å². The van der Waals surface area contributed by atoms with Gasteiger partial charge in [0.1, 0.15) is 5.01 Å². The quantitative estimate of drug-likeness (QED) is 0.937. The van der Waals surface area contributed by atoms with Crippen LogP contribution in [0.5, 0.6) is 0 Å². The average Bonchev–Trinajstić information content (AvgIpc) is 3.01. The summed E-state index contributed by atoms with van der Waals surface area (Å²) in [6, 6.07) is 0.812. The molecule has 0 radical (unpaired) electrons. The van der Waals surface area contributed by atoms with E-state index in [-0.39, 0.29) is 0 Å². The standard InChI is InChI=1S/C16H24N4S/c1-10(2)20-9-11(8-18-20)15-19-13-7-16(3,4)6-12(17-5)14(13)21-15/h8-10,12,17H,6-7H2,1-5H3. The van der Waals surface area contributed by atoms with Crippen molar-refractivity contribution in [1.82, 2.24) is 20.1 Å². The zero-order chi connectivity index (χ0) is 15.2. The van der Waals surface area contributed by atoms with Crippen LogP contribution < -0.4 is 5.32 Å². The highest BCUT2D eigenvalue weighted by molar-refractivity contribution is 7.15. The minimum absolute atomic E-state index is 0.314. The Kier molecular flexibility index (Phi) is 3.66. The molecule has 0 fully saturated rings. The van der Waals surface area contributed by atoms with Gasteiger partial charge in [-0.3, -0.25) is 4.68 Å². The van der Waals surface area contributed by atoms with Crippen LogP contribution >= 0.6 is 11.3 Å². The first-order valence-electron chi connectivity index (χ1n) is 7.61. The third-order valence-electron chi connectivity index (χ3n) is 4.17. The van der Waals surface area contributed by atoms with E-state index in [4.69, 9.17) is 4.98 Å². The van der Waals surface area contributed by atoms with Crippen molar-refractivity contribution >= 4 is 11.3 Å². The third kappa shape index (κ3) is 2.77. The molecule has 2 aromatic rings. The number of hydrogen-bond donors (Lipinski definition) is 1. The number of rotatable bonds is 3. The van der Waals surface area contributed by atoms with E-state index in [0.29, 0.717) is 17.5 Å². The first kappa shape index (κ1) is 14.7. The molecule has 1 atom stereocenters. The van der Waals surface area contributed by atoms with Crippen LogP contribution in [0.4, 0.5) is 0 Å². The molecular formula is C16H24N4S. The molecule has 0 amide bonds. The zero-order valence-electron chi connectivity index (χ0n) is 13.5. The molecule has 5 heteroatoms. The van der Waals surface area contributed by atoms with Gasteiger partial charge in [-0.1, -0.05) is 13.8 Å². The van der Waals surface area contributed by atoms with E-state index in [1.807, 2.05) is 29.3 Å². The molecule has 0 bridgehead atoms. The van der Waals surface area contributed by atoms with Gasteiger partial charge in [-0.25, -0.2) is 4.98 Å². The van der Waals surface area contributed by atoms with Crippen LogP contribution in [0.25, 0.3) is 10.6 Å². The number of fused-ring (bicyclic) bond motifs is 1. The highest BCUT2D eigenvalue weighted by Crippen LogP contribution is 2.44. The van der Waals surface area contributed by atoms with Crippen LogP contribution in [0.3, 0.4) is 0 Å². The van der Waals surface area contributed by atoms with E-state index in [1.165, 1.54) is 17.0 Å². The van der Waals surface area contributed by atoms with Gasteiger partial charge in [0, 0.05) is 28.7 Å². The second-order valence-electron chi connectivity index (χ2n) is 7.02. The van der Waals surface area contributed by atoms with Crippen molar-refractivity contribution in [3.8, 4) is 10.6 Å². The Labute approximate surface area is 130 Å². The second kappa shape index (κ2) is 5.21. The summed E-state index contributed by atoms with van der Waals surface area (Å²) in [7, 11) is 2.05. The van der Waals surface area contributed by atoms with Crippen molar-refractivity contribution in [2.45, 2.75) is 52.6 Å². The van der Waals surface area contributed by atoms with Gasteiger partial charge in [0.15, 0.2) is 0 Å². The van der Waals surface area contributed by atoms with Crippen molar-refractivity contribution in [3.05, 3.63) is 23.0 Å². The molecule has 1 aliphatic carbocycles. The highest BCUT2D eigenvalue weighted by Gasteiger charge is 2.34. The normalized spacial score (nSPS) is 20.8. The van der Waals surface area contributed by atoms with Crippen molar-refractivity contribution in [3.63, 3.8) is 0 Å². The molecular weight excluding hydrogens is 280 g/mol. The largest absolute Gasteiger partial charge is 0.312 e. The van der Waals surface area contributed by atoms with Crippen molar-refractivity contribution in [2.75, 3.05) is 7.05 Å². The van der Waals surface area contributed by atoms with E-state index in [2.05, 4.69) is 44.3 Å². The Hall–Kier alpha value is -1.20. The molecule has 0 saturated carbocycles. The lowest BCUT2D eigenvalue weighted by atomic mass is 9.76. The van der Waals surface area contributed by atoms with Crippen LogP contribution in [-0.2, 0) is 6.42 Å². The topological polar surface area (TPSA) is 42.7 Å². The summed E-state index contributed by atoms with van der Waals surface area (Å²) in [5.41, 5.74) is 2.72. The minimum atomic E-state index is 0.314. The fraction of sp³-hybridized carbons (Fsp3) is 0.625. The number of nitrogens with zero attached hydrogens (tertiary/aromatic N) is 3. The molecule has 0 spiro atoms. The number of hydrogen-bond acceptors (Lipinski definition) is 4. The Morgan fingerprint density at radius 3 is 2.81 bits per heavy atom. The van der Waals surface area contributed by atoms with Crippen molar-refractivity contribution in [2.24, 2.45) is 5.41 Å². The number of nitrogens with one attached hydrogen (secondary N) is 1. The molecule has 2 heterocycles. The van der Waals surface area contributed by atoms with E-state index < -0.39 is 0 Å². The van der Waals surface area contributed by atoms with E-state index in [9.17, 15) is 0 Å². The average molecular weight is 304 g/mol. The van der Waals surface area contributed by atoms with Gasteiger partial charge in [0.2, 0.25) is 0 Å². The molecule has 4 nitrogen and oxygen atoms in total. The molecule has 1 aliphatic rings. The Bertz CT molecular complexity index is 638. The summed E-state index contributed by atoms with van der Waals surface area (Å²) < 4.78 is 2.00. The zero-order valence-corrected chi connectivity index (χ0v) is 14.3. The number of aromatic nitrogens is 3. The maximum absolute atomic E-state index is 4.91. The Morgan fingerprint density at radius 1 is 1.43 bits per heavy atom. The monoisotopic (exact) mass is 304 g/mol. The summed E-state index contributed by atoms with van der Waals surface area (Å²) in [4.78, 5) is 6.32. The lowest BCUT2D eigenvalue weighted by Crippen LogP contribution is -2.30. The van der Waals surface area contributed by atoms with Crippen LogP contribution in [-0.4, -0.2) is 21.8 Å². The van der Waals surface area contributed by atoms with Gasteiger partial charge in [0.05, 0.1) is 11.9 Å². The summed E-state index contributed by atoms with van der Waals surface area (Å²) >= 11 is 1.82. The SMILES string of the molecule is CNC1CC(C)(C)Cc2nc(-c3cnn(C(C)C)c3)sc21. The van der Waals surface area contributed by atoms with Gasteiger partial charge in [-0.15, -0.1) is 11.3 Å². The van der Waals surface area contributed by atoms with E-state index in [0.717, 1.165) is 17.0 Å². The predicted molar refractivity (Wildman–Crippen MR) is 87.6 cm³/mol. The van der Waals surface area contributed by atoms with E-state index >= 15 is 0 Å². The van der Waals surface area contributed by atoms with Crippen LogP contribution in [0.1, 0.15) is 56.8 Å². The first-order valence-corrected chi connectivity index (χ1v) is 8.42. The maximum atomic E-state index is 4.91. The minimum Gasteiger partial charge on any atom is -0.312 e. The van der Waals surface area contributed by atoms with Crippen molar-refractivity contribution in [1.29, 1.82) is 0 Å². The first-order chi connectivity index (χ1) is 9.89. The lowest BCUT2D eigenvalue weighted by Gasteiger charge is -2.34. The van der Waals surface area contributed by atoms with Crippen LogP contribution in [0, 0.1) is 5.41 Å². The summed E-state index contributed by atoms with van der Waals surface area (Å²) in [5.74, 6) is 0. The molecule has 0 aromatic carbocycles. The van der Waals surface area contributed by atoms with Gasteiger partial charge >= 0.3 is 0 Å².